The summed E-state index contributed by atoms with van der Waals surface area (Å²) in [5, 5.41) is 2.92. The molecular weight excluding hydrogens is 354 g/mol. The van der Waals surface area contributed by atoms with Crippen LogP contribution in [0.2, 0.25) is 0 Å². The summed E-state index contributed by atoms with van der Waals surface area (Å²) in [7, 11) is 3.22. The molecule has 0 aliphatic heterocycles. The fourth-order valence-corrected chi connectivity index (χ4v) is 2.79. The van der Waals surface area contributed by atoms with E-state index in [0.717, 1.165) is 22.6 Å². The van der Waals surface area contributed by atoms with Crippen LogP contribution >= 0.6 is 0 Å². The normalized spacial score (nSPS) is 10.2. The number of ether oxygens (including phenoxy) is 3. The molecule has 0 saturated carbocycles. The van der Waals surface area contributed by atoms with Crippen LogP contribution in [0.25, 0.3) is 0 Å². The number of hydrogen-bond acceptors (Lipinski definition) is 4. The van der Waals surface area contributed by atoms with Crippen LogP contribution in [0.4, 0.5) is 5.69 Å². The Balaban J connectivity index is 1.74. The van der Waals surface area contributed by atoms with Crippen molar-refractivity contribution < 1.29 is 19.0 Å². The molecule has 0 heterocycles. The van der Waals surface area contributed by atoms with E-state index in [1.807, 2.05) is 55.5 Å². The highest BCUT2D eigenvalue weighted by atomic mass is 16.5. The van der Waals surface area contributed by atoms with E-state index in [0.29, 0.717) is 17.1 Å². The first-order valence-corrected chi connectivity index (χ1v) is 8.91. The minimum atomic E-state index is -0.182. The molecule has 5 heteroatoms. The van der Waals surface area contributed by atoms with Crippen molar-refractivity contribution in [3.63, 3.8) is 0 Å². The van der Waals surface area contributed by atoms with Gasteiger partial charge in [-0.05, 0) is 67.1 Å². The highest BCUT2D eigenvalue weighted by molar-refractivity contribution is 6.04. The molecule has 0 spiro atoms. The molecule has 144 valence electrons. The van der Waals surface area contributed by atoms with Crippen LogP contribution in [0.5, 0.6) is 17.2 Å². The Bertz CT molecular complexity index is 951. The molecule has 0 radical (unpaired) electrons. The van der Waals surface area contributed by atoms with E-state index in [1.54, 1.807) is 32.4 Å². The van der Waals surface area contributed by atoms with Gasteiger partial charge < -0.3 is 19.5 Å². The van der Waals surface area contributed by atoms with Gasteiger partial charge in [-0.1, -0.05) is 12.1 Å². The third-order valence-electron chi connectivity index (χ3n) is 4.27. The molecule has 0 aliphatic rings. The zero-order valence-electron chi connectivity index (χ0n) is 16.2. The van der Waals surface area contributed by atoms with Crippen LogP contribution in [-0.2, 0) is 6.61 Å². The smallest absolute Gasteiger partial charge is 0.255 e. The third kappa shape index (κ3) is 4.82. The largest absolute Gasteiger partial charge is 0.497 e. The standard InChI is InChI=1S/C23H23NO4/c1-16-5-4-6-19(13-16)24-23(25)17-7-12-22(27-3)18(14-17)15-28-21-10-8-20(26-2)9-11-21/h4-14H,15H2,1-3H3,(H,24,25). The van der Waals surface area contributed by atoms with E-state index in [1.165, 1.54) is 0 Å². The highest BCUT2D eigenvalue weighted by Gasteiger charge is 2.11. The fourth-order valence-electron chi connectivity index (χ4n) is 2.79. The number of aryl methyl sites for hydroxylation is 1. The van der Waals surface area contributed by atoms with Gasteiger partial charge in [0.05, 0.1) is 14.2 Å². The van der Waals surface area contributed by atoms with Crippen LogP contribution in [0.1, 0.15) is 21.5 Å². The summed E-state index contributed by atoms with van der Waals surface area (Å²) in [4.78, 5) is 12.6. The average molecular weight is 377 g/mol. The van der Waals surface area contributed by atoms with Crippen molar-refractivity contribution in [1.82, 2.24) is 0 Å². The second kappa shape index (κ2) is 8.95. The number of anilines is 1. The zero-order chi connectivity index (χ0) is 19.9. The van der Waals surface area contributed by atoms with Crippen molar-refractivity contribution in [1.29, 1.82) is 0 Å². The molecule has 1 amide bonds. The zero-order valence-corrected chi connectivity index (χ0v) is 16.2. The SMILES string of the molecule is COc1ccc(OCc2cc(C(=O)Nc3cccc(C)c3)ccc2OC)cc1. The first-order valence-electron chi connectivity index (χ1n) is 8.91. The van der Waals surface area contributed by atoms with Crippen molar-refractivity contribution in [2.24, 2.45) is 0 Å². The first-order chi connectivity index (χ1) is 13.6. The van der Waals surface area contributed by atoms with Gasteiger partial charge in [-0.15, -0.1) is 0 Å². The van der Waals surface area contributed by atoms with Crippen LogP contribution in [0.15, 0.2) is 66.7 Å². The van der Waals surface area contributed by atoms with Gasteiger partial charge in [-0.3, -0.25) is 4.79 Å². The lowest BCUT2D eigenvalue weighted by molar-refractivity contribution is 0.102. The number of hydrogen-bond donors (Lipinski definition) is 1. The Morgan fingerprint density at radius 3 is 2.32 bits per heavy atom. The summed E-state index contributed by atoms with van der Waals surface area (Å²) >= 11 is 0. The maximum absolute atomic E-state index is 12.6. The number of nitrogens with one attached hydrogen (secondary N) is 1. The monoisotopic (exact) mass is 377 g/mol. The predicted octanol–water partition coefficient (Wildman–Crippen LogP) is 4.84. The van der Waals surface area contributed by atoms with Gasteiger partial charge in [0.2, 0.25) is 0 Å². The third-order valence-corrected chi connectivity index (χ3v) is 4.27. The Labute approximate surface area is 164 Å². The Morgan fingerprint density at radius 1 is 0.893 bits per heavy atom. The van der Waals surface area contributed by atoms with E-state index >= 15 is 0 Å². The van der Waals surface area contributed by atoms with Crippen molar-refractivity contribution >= 4 is 11.6 Å². The summed E-state index contributed by atoms with van der Waals surface area (Å²) in [6, 6.07) is 20.3. The van der Waals surface area contributed by atoms with E-state index < -0.39 is 0 Å². The topological polar surface area (TPSA) is 56.8 Å². The van der Waals surface area contributed by atoms with Crippen molar-refractivity contribution in [2.45, 2.75) is 13.5 Å². The molecule has 3 aromatic rings. The van der Waals surface area contributed by atoms with Crippen LogP contribution in [-0.4, -0.2) is 20.1 Å². The van der Waals surface area contributed by atoms with Crippen molar-refractivity contribution in [3.8, 4) is 17.2 Å². The number of amides is 1. The Kier molecular flexibility index (Phi) is 6.17. The molecule has 0 aliphatic carbocycles. The molecule has 0 saturated heterocycles. The second-order valence-corrected chi connectivity index (χ2v) is 6.31. The number of carbonyl (C=O) groups excluding carboxylic acids is 1. The quantitative estimate of drug-likeness (QED) is 0.640. The molecule has 0 fully saturated rings. The lowest BCUT2D eigenvalue weighted by Crippen LogP contribution is -2.13. The van der Waals surface area contributed by atoms with Crippen LogP contribution in [0.3, 0.4) is 0 Å². The van der Waals surface area contributed by atoms with E-state index in [9.17, 15) is 4.79 Å². The van der Waals surface area contributed by atoms with Gasteiger partial charge in [-0.25, -0.2) is 0 Å². The van der Waals surface area contributed by atoms with Crippen LogP contribution < -0.4 is 19.5 Å². The number of carbonyl (C=O) groups is 1. The molecule has 5 nitrogen and oxygen atoms in total. The Morgan fingerprint density at radius 2 is 1.64 bits per heavy atom. The molecule has 0 bridgehead atoms. The minimum Gasteiger partial charge on any atom is -0.497 e. The van der Waals surface area contributed by atoms with Gasteiger partial charge in [-0.2, -0.15) is 0 Å². The van der Waals surface area contributed by atoms with E-state index in [4.69, 9.17) is 14.2 Å². The van der Waals surface area contributed by atoms with Crippen LogP contribution in [0, 0.1) is 6.92 Å². The predicted molar refractivity (Wildman–Crippen MR) is 109 cm³/mol. The van der Waals surface area contributed by atoms with Crippen molar-refractivity contribution in [3.05, 3.63) is 83.4 Å². The summed E-state index contributed by atoms with van der Waals surface area (Å²) in [5.41, 5.74) is 3.17. The molecule has 3 aromatic carbocycles. The molecule has 0 unspecified atom stereocenters. The average Bonchev–Trinajstić information content (AvgIpc) is 2.72. The summed E-state index contributed by atoms with van der Waals surface area (Å²) in [6.07, 6.45) is 0. The fraction of sp³-hybridized carbons (Fsp3) is 0.174. The minimum absolute atomic E-state index is 0.182. The van der Waals surface area contributed by atoms with Gasteiger partial charge in [0.25, 0.3) is 5.91 Å². The van der Waals surface area contributed by atoms with Gasteiger partial charge >= 0.3 is 0 Å². The summed E-state index contributed by atoms with van der Waals surface area (Å²) in [5.74, 6) is 1.96. The molecular formula is C23H23NO4. The van der Waals surface area contributed by atoms with E-state index in [-0.39, 0.29) is 12.5 Å². The maximum atomic E-state index is 12.6. The highest BCUT2D eigenvalue weighted by Crippen LogP contribution is 2.24. The molecule has 3 rings (SSSR count). The summed E-state index contributed by atoms with van der Waals surface area (Å²) in [6.45, 7) is 2.26. The van der Waals surface area contributed by atoms with Gasteiger partial charge in [0.1, 0.15) is 23.9 Å². The molecule has 0 atom stereocenters. The van der Waals surface area contributed by atoms with Gasteiger partial charge in [0.15, 0.2) is 0 Å². The number of rotatable bonds is 7. The Hall–Kier alpha value is -3.47. The second-order valence-electron chi connectivity index (χ2n) is 6.31. The maximum Gasteiger partial charge on any atom is 0.255 e. The van der Waals surface area contributed by atoms with Crippen molar-refractivity contribution in [2.75, 3.05) is 19.5 Å². The van der Waals surface area contributed by atoms with Gasteiger partial charge in [0, 0.05) is 16.8 Å². The molecule has 28 heavy (non-hydrogen) atoms. The lowest BCUT2D eigenvalue weighted by Gasteiger charge is -2.13. The number of benzene rings is 3. The molecule has 0 aromatic heterocycles. The lowest BCUT2D eigenvalue weighted by atomic mass is 10.1. The number of methoxy groups -OCH3 is 2. The first kappa shape index (κ1) is 19.3. The molecule has 1 N–H and O–H groups in total. The summed E-state index contributed by atoms with van der Waals surface area (Å²) < 4.78 is 16.4. The van der Waals surface area contributed by atoms with E-state index in [2.05, 4.69) is 5.32 Å².